The third-order valence-electron chi connectivity index (χ3n) is 11.0. The Morgan fingerprint density at radius 2 is 0.946 bits per heavy atom. The smallest absolute Gasteiger partial charge is 0.387 e. The first-order valence-electron chi connectivity index (χ1n) is 24.1. The van der Waals surface area contributed by atoms with Crippen molar-refractivity contribution in [2.24, 2.45) is 0 Å². The van der Waals surface area contributed by atoms with Gasteiger partial charge in [-0.3, -0.25) is 13.8 Å². The van der Waals surface area contributed by atoms with Gasteiger partial charge in [-0.15, -0.1) is 0 Å². The summed E-state index contributed by atoms with van der Waals surface area (Å²) in [5.74, 6) is -0.175. The number of aliphatic hydroxyl groups excluding tert-OH is 1. The fourth-order valence-corrected chi connectivity index (χ4v) is 7.90. The molecule has 0 saturated heterocycles. The number of quaternary nitrogens is 1. The number of phosphoric ester groups is 1. The maximum Gasteiger partial charge on any atom is 0.472 e. The SMILES string of the molecule is CCCCCCCCC/C=C/C(O)C(COP(=O)(O)OCC[N+](C)(C)C)NC(=O)CCCCCCCCCCCCCCCCCCCCCCCCCCC. The Labute approximate surface area is 348 Å². The van der Waals surface area contributed by atoms with Crippen molar-refractivity contribution in [2.75, 3.05) is 40.9 Å². The molecule has 0 aromatic heterocycles. The molecule has 0 spiro atoms. The van der Waals surface area contributed by atoms with Crippen molar-refractivity contribution in [3.05, 3.63) is 12.2 Å². The number of carbonyl (C=O) groups excluding carboxylic acids is 1. The van der Waals surface area contributed by atoms with E-state index >= 15 is 0 Å². The second-order valence-corrected chi connectivity index (χ2v) is 19.3. The summed E-state index contributed by atoms with van der Waals surface area (Å²) in [7, 11) is 1.58. The molecular weight excluding hydrogens is 719 g/mol. The van der Waals surface area contributed by atoms with Crippen molar-refractivity contribution >= 4 is 13.7 Å². The molecule has 0 aliphatic carbocycles. The Morgan fingerprint density at radius 1 is 0.589 bits per heavy atom. The second kappa shape index (κ2) is 39.7. The number of allylic oxidation sites excluding steroid dienone is 1. The molecular formula is C47H96N2O6P+. The highest BCUT2D eigenvalue weighted by Crippen LogP contribution is 2.43. The van der Waals surface area contributed by atoms with Crippen LogP contribution in [-0.4, -0.2) is 73.4 Å². The summed E-state index contributed by atoms with van der Waals surface area (Å²) < 4.78 is 23.5. The lowest BCUT2D eigenvalue weighted by molar-refractivity contribution is -0.870. The van der Waals surface area contributed by atoms with Gasteiger partial charge in [0.25, 0.3) is 0 Å². The first-order chi connectivity index (χ1) is 27.0. The van der Waals surface area contributed by atoms with Crippen LogP contribution < -0.4 is 5.32 Å². The van der Waals surface area contributed by atoms with Crippen LogP contribution in [0.1, 0.15) is 232 Å². The van der Waals surface area contributed by atoms with Crippen LogP contribution in [0.4, 0.5) is 0 Å². The molecule has 3 unspecified atom stereocenters. The van der Waals surface area contributed by atoms with E-state index in [4.69, 9.17) is 9.05 Å². The summed E-state index contributed by atoms with van der Waals surface area (Å²) in [6.45, 7) is 4.80. The lowest BCUT2D eigenvalue weighted by Gasteiger charge is -2.25. The minimum atomic E-state index is -4.33. The van der Waals surface area contributed by atoms with E-state index in [9.17, 15) is 19.4 Å². The van der Waals surface area contributed by atoms with Crippen LogP contribution in [0.3, 0.4) is 0 Å². The van der Waals surface area contributed by atoms with E-state index in [2.05, 4.69) is 19.2 Å². The van der Waals surface area contributed by atoms with Crippen LogP contribution in [0.2, 0.25) is 0 Å². The van der Waals surface area contributed by atoms with Crippen molar-refractivity contribution in [1.82, 2.24) is 5.32 Å². The van der Waals surface area contributed by atoms with Crippen molar-refractivity contribution in [3.8, 4) is 0 Å². The highest BCUT2D eigenvalue weighted by molar-refractivity contribution is 7.47. The van der Waals surface area contributed by atoms with Gasteiger partial charge in [0, 0.05) is 6.42 Å². The Kier molecular flexibility index (Phi) is 39.1. The molecule has 0 saturated carbocycles. The highest BCUT2D eigenvalue weighted by atomic mass is 31.2. The molecule has 56 heavy (non-hydrogen) atoms. The van der Waals surface area contributed by atoms with Gasteiger partial charge >= 0.3 is 7.82 Å². The third kappa shape index (κ3) is 41.4. The van der Waals surface area contributed by atoms with Gasteiger partial charge in [0.2, 0.25) is 5.91 Å². The minimum absolute atomic E-state index is 0.0643. The maximum atomic E-state index is 12.9. The summed E-state index contributed by atoms with van der Waals surface area (Å²) in [5, 5.41) is 13.8. The quantitative estimate of drug-likeness (QED) is 0.0245. The number of nitrogens with zero attached hydrogens (tertiary/aromatic N) is 1. The van der Waals surface area contributed by atoms with Gasteiger partial charge in [-0.2, -0.15) is 0 Å². The van der Waals surface area contributed by atoms with E-state index in [0.717, 1.165) is 38.5 Å². The number of aliphatic hydroxyl groups is 1. The van der Waals surface area contributed by atoms with Crippen molar-refractivity contribution in [1.29, 1.82) is 0 Å². The third-order valence-corrected chi connectivity index (χ3v) is 12.0. The molecule has 334 valence electrons. The molecule has 0 aromatic rings. The Bertz CT molecular complexity index is 927. The fraction of sp³-hybridized carbons (Fsp3) is 0.936. The summed E-state index contributed by atoms with van der Waals surface area (Å²) in [5.41, 5.74) is 0. The molecule has 0 aromatic carbocycles. The molecule has 3 N–H and O–H groups in total. The van der Waals surface area contributed by atoms with E-state index in [1.54, 1.807) is 6.08 Å². The van der Waals surface area contributed by atoms with Gasteiger partial charge in [0.1, 0.15) is 13.2 Å². The van der Waals surface area contributed by atoms with Crippen LogP contribution in [0.15, 0.2) is 12.2 Å². The molecule has 0 rings (SSSR count). The molecule has 0 heterocycles. The first-order valence-corrected chi connectivity index (χ1v) is 25.6. The number of unbranched alkanes of at least 4 members (excludes halogenated alkanes) is 31. The molecule has 0 bridgehead atoms. The summed E-state index contributed by atoms with van der Waals surface area (Å²) in [6.07, 6.45) is 45.9. The number of carbonyl (C=O) groups is 1. The Morgan fingerprint density at radius 3 is 1.32 bits per heavy atom. The number of rotatable bonds is 44. The summed E-state index contributed by atoms with van der Waals surface area (Å²) in [6, 6.07) is -0.838. The maximum absolute atomic E-state index is 12.9. The van der Waals surface area contributed by atoms with Gasteiger partial charge in [-0.1, -0.05) is 219 Å². The zero-order valence-corrected chi connectivity index (χ0v) is 38.8. The molecule has 9 heteroatoms. The van der Waals surface area contributed by atoms with E-state index in [1.165, 1.54) is 173 Å². The fourth-order valence-electron chi connectivity index (χ4n) is 7.16. The number of phosphoric acid groups is 1. The molecule has 0 aliphatic rings. The van der Waals surface area contributed by atoms with Crippen LogP contribution in [0, 0.1) is 0 Å². The monoisotopic (exact) mass is 816 g/mol. The standard InChI is InChI=1S/C47H95N2O6P/c1-6-8-10-12-14-16-17-18-19-20-21-22-23-24-25-26-27-28-29-30-31-33-35-37-39-41-47(51)48-45(44-55-56(52,53)54-43-42-49(3,4)5)46(50)40-38-36-34-32-15-13-11-9-7-2/h38,40,45-46,50H,6-37,39,41-44H2,1-5H3,(H-,48,51,52,53)/p+1/b40-38+. The van der Waals surface area contributed by atoms with Gasteiger partial charge in [-0.05, 0) is 19.3 Å². The number of amides is 1. The number of hydrogen-bond acceptors (Lipinski definition) is 5. The topological polar surface area (TPSA) is 105 Å². The van der Waals surface area contributed by atoms with E-state index in [-0.39, 0.29) is 19.1 Å². The van der Waals surface area contributed by atoms with E-state index in [0.29, 0.717) is 17.4 Å². The van der Waals surface area contributed by atoms with Crippen LogP contribution >= 0.6 is 7.82 Å². The van der Waals surface area contributed by atoms with Crippen molar-refractivity contribution in [3.63, 3.8) is 0 Å². The molecule has 0 radical (unpaired) electrons. The molecule has 0 aliphatic heterocycles. The summed E-state index contributed by atoms with van der Waals surface area (Å²) in [4.78, 5) is 23.1. The van der Waals surface area contributed by atoms with Crippen LogP contribution in [0.25, 0.3) is 0 Å². The van der Waals surface area contributed by atoms with Crippen LogP contribution in [0.5, 0.6) is 0 Å². The Hall–Kier alpha value is -0.760. The van der Waals surface area contributed by atoms with E-state index < -0.39 is 20.0 Å². The van der Waals surface area contributed by atoms with Crippen LogP contribution in [-0.2, 0) is 18.4 Å². The predicted molar refractivity (Wildman–Crippen MR) is 240 cm³/mol. The van der Waals surface area contributed by atoms with Gasteiger partial charge in [0.05, 0.1) is 39.9 Å². The van der Waals surface area contributed by atoms with E-state index in [1.807, 2.05) is 27.2 Å². The lowest BCUT2D eigenvalue weighted by Crippen LogP contribution is -2.45. The van der Waals surface area contributed by atoms with Crippen molar-refractivity contribution in [2.45, 2.75) is 244 Å². The average molecular weight is 816 g/mol. The zero-order chi connectivity index (χ0) is 41.4. The van der Waals surface area contributed by atoms with Gasteiger partial charge in [-0.25, -0.2) is 4.57 Å². The second-order valence-electron chi connectivity index (χ2n) is 17.8. The molecule has 3 atom stereocenters. The number of nitrogens with one attached hydrogen (secondary N) is 1. The van der Waals surface area contributed by atoms with Gasteiger partial charge < -0.3 is 19.8 Å². The Balaban J connectivity index is 4.08. The first kappa shape index (κ1) is 55.2. The molecule has 8 nitrogen and oxygen atoms in total. The minimum Gasteiger partial charge on any atom is -0.387 e. The normalized spacial score (nSPS) is 14.3. The largest absolute Gasteiger partial charge is 0.472 e. The molecule has 1 amide bonds. The summed E-state index contributed by atoms with van der Waals surface area (Å²) >= 11 is 0. The number of likely N-dealkylation sites (N-methyl/N-ethyl adjacent to an activating group) is 1. The van der Waals surface area contributed by atoms with Crippen molar-refractivity contribution < 1.29 is 32.9 Å². The molecule has 0 fully saturated rings. The van der Waals surface area contributed by atoms with Gasteiger partial charge in [0.15, 0.2) is 0 Å². The zero-order valence-electron chi connectivity index (χ0n) is 37.9. The lowest BCUT2D eigenvalue weighted by atomic mass is 10.0. The number of hydrogen-bond donors (Lipinski definition) is 3. The average Bonchev–Trinajstić information content (AvgIpc) is 3.15. The highest BCUT2D eigenvalue weighted by Gasteiger charge is 2.27. The predicted octanol–water partition coefficient (Wildman–Crippen LogP) is 13.5.